The number of ether oxygens (including phenoxy) is 12. The van der Waals surface area contributed by atoms with Crippen LogP contribution in [0.5, 0.6) is 34.5 Å². The highest BCUT2D eigenvalue weighted by Crippen LogP contribution is 2.41. The molecule has 0 unspecified atom stereocenters. The lowest BCUT2D eigenvalue weighted by atomic mass is 9.94. The molecule has 0 N–H and O–H groups in total. The molecule has 64 heavy (non-hydrogen) atoms. The van der Waals surface area contributed by atoms with Crippen molar-refractivity contribution in [2.75, 3.05) is 114 Å². The summed E-state index contributed by atoms with van der Waals surface area (Å²) in [4.78, 5) is 0. The molecule has 12 heteroatoms. The zero-order valence-electron chi connectivity index (χ0n) is 37.6. The predicted octanol–water partition coefficient (Wildman–Crippen LogP) is 9.87. The number of benzene rings is 6. The number of methoxy groups -OCH3 is 3. The van der Waals surface area contributed by atoms with Gasteiger partial charge in [0.15, 0.2) is 11.5 Å². The highest BCUT2D eigenvalue weighted by molar-refractivity contribution is 6.26. The first kappa shape index (κ1) is 48.1. The first-order valence-electron chi connectivity index (χ1n) is 22.3. The molecule has 6 aromatic carbocycles. The lowest BCUT2D eigenvalue weighted by Crippen LogP contribution is -2.15. The van der Waals surface area contributed by atoms with Gasteiger partial charge in [-0.15, -0.1) is 0 Å². The van der Waals surface area contributed by atoms with Crippen molar-refractivity contribution in [3.63, 3.8) is 0 Å². The second-order valence-corrected chi connectivity index (χ2v) is 14.9. The smallest absolute Gasteiger partial charge is 0.203 e. The van der Waals surface area contributed by atoms with Crippen molar-refractivity contribution in [1.82, 2.24) is 0 Å². The Morgan fingerprint density at radius 2 is 0.766 bits per heavy atom. The van der Waals surface area contributed by atoms with Crippen LogP contribution in [0.15, 0.2) is 103 Å². The molecule has 0 amide bonds. The van der Waals surface area contributed by atoms with E-state index in [1.807, 2.05) is 36.4 Å². The summed E-state index contributed by atoms with van der Waals surface area (Å²) in [6.07, 6.45) is 3.98. The quantitative estimate of drug-likeness (QED) is 0.0290. The van der Waals surface area contributed by atoms with Crippen LogP contribution in [0.2, 0.25) is 0 Å². The van der Waals surface area contributed by atoms with E-state index in [1.165, 1.54) is 32.3 Å². The molecule has 0 aromatic heterocycles. The van der Waals surface area contributed by atoms with Gasteiger partial charge >= 0.3 is 0 Å². The second-order valence-electron chi connectivity index (χ2n) is 14.9. The molecular formula is C52H64O12. The second kappa shape index (κ2) is 27.8. The number of hydrogen-bond donors (Lipinski definition) is 0. The lowest BCUT2D eigenvalue weighted by Gasteiger charge is -2.19. The third-order valence-electron chi connectivity index (χ3n) is 10.3. The summed E-state index contributed by atoms with van der Waals surface area (Å²) >= 11 is 0. The number of fused-ring (bicyclic) bond motifs is 6. The van der Waals surface area contributed by atoms with Crippen LogP contribution < -0.4 is 28.4 Å². The summed E-state index contributed by atoms with van der Waals surface area (Å²) in [7, 11) is 4.91. The molecule has 12 nitrogen and oxygen atoms in total. The van der Waals surface area contributed by atoms with Gasteiger partial charge in [-0.2, -0.15) is 0 Å². The Morgan fingerprint density at radius 3 is 1.33 bits per heavy atom. The van der Waals surface area contributed by atoms with E-state index < -0.39 is 0 Å². The van der Waals surface area contributed by atoms with Crippen LogP contribution in [0, 0.1) is 0 Å². The maximum atomic E-state index is 6.45. The Bertz CT molecular complexity index is 2180. The van der Waals surface area contributed by atoms with Gasteiger partial charge in [-0.25, -0.2) is 0 Å². The maximum absolute atomic E-state index is 6.45. The molecule has 0 radical (unpaired) electrons. The molecule has 0 fully saturated rings. The highest BCUT2D eigenvalue weighted by atomic mass is 16.6. The largest absolute Gasteiger partial charge is 0.493 e. The van der Waals surface area contributed by atoms with Crippen molar-refractivity contribution in [2.45, 2.75) is 32.3 Å². The third kappa shape index (κ3) is 14.9. The predicted molar refractivity (Wildman–Crippen MR) is 250 cm³/mol. The fourth-order valence-electron chi connectivity index (χ4n) is 7.22. The van der Waals surface area contributed by atoms with E-state index in [2.05, 4.69) is 66.7 Å². The zero-order chi connectivity index (χ0) is 44.4. The van der Waals surface area contributed by atoms with Crippen molar-refractivity contribution in [1.29, 1.82) is 0 Å². The van der Waals surface area contributed by atoms with E-state index in [4.69, 9.17) is 56.8 Å². The van der Waals surface area contributed by atoms with Gasteiger partial charge in [0.1, 0.15) is 43.7 Å². The van der Waals surface area contributed by atoms with Crippen molar-refractivity contribution in [2.24, 2.45) is 0 Å². The van der Waals surface area contributed by atoms with Crippen LogP contribution in [0.1, 0.15) is 31.2 Å². The molecule has 344 valence electrons. The summed E-state index contributed by atoms with van der Waals surface area (Å²) in [6, 6.07) is 35.1. The van der Waals surface area contributed by atoms with E-state index >= 15 is 0 Å². The molecule has 0 heterocycles. The number of hydrogen-bond acceptors (Lipinski definition) is 12. The van der Waals surface area contributed by atoms with Gasteiger partial charge in [0, 0.05) is 32.8 Å². The number of unbranched alkanes of at least 4 members (excludes halogenated alkanes) is 3. The Morgan fingerprint density at radius 1 is 0.328 bits per heavy atom. The Kier molecular flexibility index (Phi) is 20.9. The van der Waals surface area contributed by atoms with E-state index in [9.17, 15) is 0 Å². The lowest BCUT2D eigenvalue weighted by molar-refractivity contribution is 0.0468. The van der Waals surface area contributed by atoms with Crippen LogP contribution in [-0.2, 0) is 35.0 Å². The first-order valence-corrected chi connectivity index (χ1v) is 22.3. The van der Waals surface area contributed by atoms with Gasteiger partial charge in [0.2, 0.25) is 5.75 Å². The molecule has 0 saturated heterocycles. The first-order chi connectivity index (χ1) is 31.7. The van der Waals surface area contributed by atoms with Crippen LogP contribution in [-0.4, -0.2) is 114 Å². The van der Waals surface area contributed by atoms with Crippen LogP contribution >= 0.6 is 0 Å². The summed E-state index contributed by atoms with van der Waals surface area (Å²) in [5, 5.41) is 7.39. The van der Waals surface area contributed by atoms with Gasteiger partial charge in [-0.05, 0) is 88.5 Å². The molecule has 0 aliphatic carbocycles. The summed E-state index contributed by atoms with van der Waals surface area (Å²) in [5.41, 5.74) is 0.826. The highest BCUT2D eigenvalue weighted by Gasteiger charge is 2.18. The van der Waals surface area contributed by atoms with Crippen LogP contribution in [0.25, 0.3) is 32.3 Å². The average molecular weight is 881 g/mol. The standard InChI is InChI=1S/C52H64O12/c1-53-24-27-56-30-33-61-49-36-40(37-50(62-34-31-57-28-25-54-2)52(49)63-35-32-58-29-26-55-3)39-64-42-15-12-14-41(38-42)59-22-10-4-5-11-23-60-48-21-13-20-47-45-17-7-6-16-43(45)44-18-8-9-19-46(44)51(47)48/h6-9,12-21,36-38H,4-5,10-11,22-35,39H2,1-3H3. The monoisotopic (exact) mass is 880 g/mol. The van der Waals surface area contributed by atoms with Crippen LogP contribution in [0.4, 0.5) is 0 Å². The van der Waals surface area contributed by atoms with E-state index in [-0.39, 0.29) is 13.2 Å². The van der Waals surface area contributed by atoms with Gasteiger partial charge in [0.25, 0.3) is 0 Å². The summed E-state index contributed by atoms with van der Waals surface area (Å²) < 4.78 is 69.7. The van der Waals surface area contributed by atoms with E-state index in [1.54, 1.807) is 21.3 Å². The molecule has 0 saturated carbocycles. The van der Waals surface area contributed by atoms with Gasteiger partial charge in [-0.1, -0.05) is 66.7 Å². The Labute approximate surface area is 377 Å². The minimum atomic E-state index is 0.249. The molecule has 0 aliphatic heterocycles. The van der Waals surface area contributed by atoms with E-state index in [0.29, 0.717) is 109 Å². The maximum Gasteiger partial charge on any atom is 0.203 e. The SMILES string of the molecule is COCCOCCOc1cc(COc2cccc(OCCCCCCOc3cccc4c5ccccc5c5ccccc5c34)c2)cc(OCCOCCOC)c1OCCOCCOC. The molecule has 0 aliphatic rings. The topological polar surface area (TPSA) is 111 Å². The van der Waals surface area contributed by atoms with Crippen molar-refractivity contribution in [3.05, 3.63) is 109 Å². The molecule has 0 bridgehead atoms. The van der Waals surface area contributed by atoms with Crippen molar-refractivity contribution >= 4 is 32.3 Å². The summed E-state index contributed by atoms with van der Waals surface area (Å²) in [5.74, 6) is 3.84. The molecule has 6 aromatic rings. The Hall–Kier alpha value is -5.34. The fraction of sp³-hybridized carbons (Fsp3) is 0.423. The molecule has 0 atom stereocenters. The van der Waals surface area contributed by atoms with Gasteiger partial charge in [0.05, 0.1) is 72.7 Å². The van der Waals surface area contributed by atoms with Crippen LogP contribution in [0.3, 0.4) is 0 Å². The minimum absolute atomic E-state index is 0.249. The summed E-state index contributed by atoms with van der Waals surface area (Å²) in [6.45, 7) is 6.40. The van der Waals surface area contributed by atoms with Gasteiger partial charge < -0.3 is 56.8 Å². The Balaban J connectivity index is 0.998. The number of rotatable bonds is 33. The normalized spacial score (nSPS) is 11.4. The third-order valence-corrected chi connectivity index (χ3v) is 10.3. The average Bonchev–Trinajstić information content (AvgIpc) is 3.33. The molecule has 0 spiro atoms. The van der Waals surface area contributed by atoms with Crippen molar-refractivity contribution in [3.8, 4) is 34.5 Å². The van der Waals surface area contributed by atoms with E-state index in [0.717, 1.165) is 42.7 Å². The van der Waals surface area contributed by atoms with Crippen molar-refractivity contribution < 1.29 is 56.8 Å². The zero-order valence-corrected chi connectivity index (χ0v) is 37.6. The van der Waals surface area contributed by atoms with Gasteiger partial charge in [-0.3, -0.25) is 0 Å². The molecule has 6 rings (SSSR count). The fourth-order valence-corrected chi connectivity index (χ4v) is 7.22. The molecular weight excluding hydrogens is 817 g/mol. The minimum Gasteiger partial charge on any atom is -0.493 e.